The molecule has 0 unspecified atom stereocenters. The fourth-order valence-corrected chi connectivity index (χ4v) is 3.76. The maximum absolute atomic E-state index is 12.0. The van der Waals surface area contributed by atoms with Crippen LogP contribution >= 0.6 is 11.8 Å². The minimum Gasteiger partial charge on any atom is -0.467 e. The summed E-state index contributed by atoms with van der Waals surface area (Å²) in [5.74, 6) is 2.52. The number of hydrogen-bond donors (Lipinski definition) is 1. The van der Waals surface area contributed by atoms with Crippen molar-refractivity contribution in [1.29, 1.82) is 0 Å². The van der Waals surface area contributed by atoms with Gasteiger partial charge in [-0.3, -0.25) is 4.79 Å². The highest BCUT2D eigenvalue weighted by Gasteiger charge is 2.24. The molecule has 24 heavy (non-hydrogen) atoms. The number of furan rings is 1. The zero-order valence-electron chi connectivity index (χ0n) is 13.6. The summed E-state index contributed by atoms with van der Waals surface area (Å²) in [6.45, 7) is 4.90. The van der Waals surface area contributed by atoms with Gasteiger partial charge in [0.2, 0.25) is 5.91 Å². The summed E-state index contributed by atoms with van der Waals surface area (Å²) >= 11 is 1.41. The zero-order chi connectivity index (χ0) is 16.8. The number of hydrogen-bond acceptors (Lipinski definition) is 5. The Labute approximate surface area is 145 Å². The van der Waals surface area contributed by atoms with E-state index in [-0.39, 0.29) is 5.91 Å². The number of rotatable bonds is 8. The van der Waals surface area contributed by atoms with Gasteiger partial charge >= 0.3 is 0 Å². The molecule has 2 heterocycles. The lowest BCUT2D eigenvalue weighted by Gasteiger charge is -2.11. The van der Waals surface area contributed by atoms with Crippen molar-refractivity contribution >= 4 is 17.7 Å². The number of nitrogens with zero attached hydrogens (tertiary/aromatic N) is 3. The Kier molecular flexibility index (Phi) is 5.74. The standard InChI is InChI=1S/C17H22N4O2S/c1-2-9-21-16(13-6-3-4-7-13)19-20-17(21)24-12-15(22)18-11-14-8-5-10-23-14/h2,5,8,10,13H,1,3-4,6-7,9,11-12H2,(H,18,22). The molecule has 2 aromatic rings. The van der Waals surface area contributed by atoms with Crippen molar-refractivity contribution in [3.05, 3.63) is 42.6 Å². The Morgan fingerprint density at radius 3 is 3.00 bits per heavy atom. The number of nitrogens with one attached hydrogen (secondary N) is 1. The number of carbonyl (C=O) groups excluding carboxylic acids is 1. The molecule has 0 bridgehead atoms. The third-order valence-electron chi connectivity index (χ3n) is 4.15. The van der Waals surface area contributed by atoms with E-state index in [1.54, 1.807) is 12.3 Å². The Bertz CT molecular complexity index is 675. The van der Waals surface area contributed by atoms with Gasteiger partial charge in [0, 0.05) is 12.5 Å². The molecular formula is C17H22N4O2S. The molecule has 6 nitrogen and oxygen atoms in total. The van der Waals surface area contributed by atoms with E-state index in [4.69, 9.17) is 4.42 Å². The molecule has 0 spiro atoms. The molecule has 0 radical (unpaired) electrons. The van der Waals surface area contributed by atoms with Crippen molar-refractivity contribution in [3.8, 4) is 0 Å². The highest BCUT2D eigenvalue weighted by molar-refractivity contribution is 7.99. The van der Waals surface area contributed by atoms with Crippen LogP contribution in [0.4, 0.5) is 0 Å². The van der Waals surface area contributed by atoms with Gasteiger partial charge in [-0.1, -0.05) is 30.7 Å². The largest absolute Gasteiger partial charge is 0.467 e. The van der Waals surface area contributed by atoms with Crippen molar-refractivity contribution < 1.29 is 9.21 Å². The first-order valence-electron chi connectivity index (χ1n) is 8.24. The number of allylic oxidation sites excluding steroid dienone is 1. The number of thioether (sulfide) groups is 1. The fourth-order valence-electron chi connectivity index (χ4n) is 2.97. The van der Waals surface area contributed by atoms with Gasteiger partial charge in [0.05, 0.1) is 18.6 Å². The van der Waals surface area contributed by atoms with E-state index in [9.17, 15) is 4.79 Å². The smallest absolute Gasteiger partial charge is 0.230 e. The minimum atomic E-state index is -0.0491. The second-order valence-corrected chi connectivity index (χ2v) is 6.81. The normalized spacial score (nSPS) is 14.8. The maximum Gasteiger partial charge on any atom is 0.230 e. The summed E-state index contributed by atoms with van der Waals surface area (Å²) < 4.78 is 7.29. The molecular weight excluding hydrogens is 324 g/mol. The first kappa shape index (κ1) is 16.8. The molecule has 1 amide bonds. The number of carbonyl (C=O) groups is 1. The predicted octanol–water partition coefficient (Wildman–Crippen LogP) is 3.12. The lowest BCUT2D eigenvalue weighted by Crippen LogP contribution is -2.24. The molecule has 0 atom stereocenters. The zero-order valence-corrected chi connectivity index (χ0v) is 14.4. The van der Waals surface area contributed by atoms with Crippen LogP contribution in [0.5, 0.6) is 0 Å². The molecule has 1 saturated carbocycles. The Hall–Kier alpha value is -2.02. The van der Waals surface area contributed by atoms with Crippen LogP contribution < -0.4 is 5.32 Å². The molecule has 1 aliphatic carbocycles. The van der Waals surface area contributed by atoms with Crippen LogP contribution in [0.3, 0.4) is 0 Å². The van der Waals surface area contributed by atoms with Crippen molar-refractivity contribution in [2.75, 3.05) is 5.75 Å². The van der Waals surface area contributed by atoms with Crippen LogP contribution in [-0.2, 0) is 17.9 Å². The van der Waals surface area contributed by atoms with E-state index in [1.807, 2.05) is 12.1 Å². The van der Waals surface area contributed by atoms with Crippen molar-refractivity contribution in [3.63, 3.8) is 0 Å². The highest BCUT2D eigenvalue weighted by atomic mass is 32.2. The van der Waals surface area contributed by atoms with Gasteiger partial charge < -0.3 is 14.3 Å². The quantitative estimate of drug-likeness (QED) is 0.587. The molecule has 2 aromatic heterocycles. The van der Waals surface area contributed by atoms with Gasteiger partial charge in [0.15, 0.2) is 5.16 Å². The van der Waals surface area contributed by atoms with Gasteiger partial charge in [-0.25, -0.2) is 0 Å². The summed E-state index contributed by atoms with van der Waals surface area (Å²) in [5, 5.41) is 12.3. The number of aromatic nitrogens is 3. The molecule has 0 aliphatic heterocycles. The Balaban J connectivity index is 1.57. The molecule has 1 N–H and O–H groups in total. The second kappa shape index (κ2) is 8.19. The van der Waals surface area contributed by atoms with Gasteiger partial charge in [0.25, 0.3) is 0 Å². The third-order valence-corrected chi connectivity index (χ3v) is 5.12. The van der Waals surface area contributed by atoms with E-state index in [0.29, 0.717) is 24.8 Å². The lowest BCUT2D eigenvalue weighted by molar-refractivity contribution is -0.118. The number of amides is 1. The van der Waals surface area contributed by atoms with E-state index >= 15 is 0 Å². The van der Waals surface area contributed by atoms with Crippen molar-refractivity contribution in [1.82, 2.24) is 20.1 Å². The summed E-state index contributed by atoms with van der Waals surface area (Å²) in [4.78, 5) is 12.0. The Morgan fingerprint density at radius 2 is 2.29 bits per heavy atom. The van der Waals surface area contributed by atoms with Crippen LogP contribution in [0.15, 0.2) is 40.6 Å². The predicted molar refractivity (Wildman–Crippen MR) is 92.7 cm³/mol. The molecule has 128 valence electrons. The van der Waals surface area contributed by atoms with E-state index < -0.39 is 0 Å². The third kappa shape index (κ3) is 4.08. The molecule has 7 heteroatoms. The summed E-state index contributed by atoms with van der Waals surface area (Å²) in [6, 6.07) is 3.64. The first-order valence-corrected chi connectivity index (χ1v) is 9.22. The monoisotopic (exact) mass is 346 g/mol. The summed E-state index contributed by atoms with van der Waals surface area (Å²) in [6.07, 6.45) is 8.29. The van der Waals surface area contributed by atoms with Crippen LogP contribution in [0.25, 0.3) is 0 Å². The average Bonchev–Trinajstić information content (AvgIpc) is 3.32. The van der Waals surface area contributed by atoms with E-state index in [0.717, 1.165) is 16.7 Å². The fraction of sp³-hybridized carbons (Fsp3) is 0.471. The maximum atomic E-state index is 12.0. The summed E-state index contributed by atoms with van der Waals surface area (Å²) in [7, 11) is 0. The lowest BCUT2D eigenvalue weighted by atomic mass is 10.1. The topological polar surface area (TPSA) is 73.0 Å². The average molecular weight is 346 g/mol. The summed E-state index contributed by atoms with van der Waals surface area (Å²) in [5.41, 5.74) is 0. The molecule has 3 rings (SSSR count). The van der Waals surface area contributed by atoms with Gasteiger partial charge in [0.1, 0.15) is 11.6 Å². The molecule has 1 aliphatic rings. The van der Waals surface area contributed by atoms with Gasteiger partial charge in [-0.05, 0) is 25.0 Å². The first-order chi connectivity index (χ1) is 11.8. The van der Waals surface area contributed by atoms with Crippen LogP contribution in [0, 0.1) is 0 Å². The van der Waals surface area contributed by atoms with E-state index in [1.165, 1.54) is 37.4 Å². The van der Waals surface area contributed by atoms with Crippen LogP contribution in [-0.4, -0.2) is 26.4 Å². The molecule has 1 fully saturated rings. The Morgan fingerprint density at radius 1 is 1.46 bits per heavy atom. The minimum absolute atomic E-state index is 0.0491. The molecule has 0 aromatic carbocycles. The van der Waals surface area contributed by atoms with E-state index in [2.05, 4.69) is 26.7 Å². The van der Waals surface area contributed by atoms with Gasteiger partial charge in [-0.15, -0.1) is 16.8 Å². The molecule has 0 saturated heterocycles. The van der Waals surface area contributed by atoms with Crippen LogP contribution in [0.2, 0.25) is 0 Å². The van der Waals surface area contributed by atoms with Gasteiger partial charge in [-0.2, -0.15) is 0 Å². The van der Waals surface area contributed by atoms with Crippen molar-refractivity contribution in [2.24, 2.45) is 0 Å². The van der Waals surface area contributed by atoms with Crippen molar-refractivity contribution in [2.45, 2.75) is 49.8 Å². The highest BCUT2D eigenvalue weighted by Crippen LogP contribution is 2.34. The van der Waals surface area contributed by atoms with Crippen LogP contribution in [0.1, 0.15) is 43.2 Å². The second-order valence-electron chi connectivity index (χ2n) is 5.87. The SMILES string of the molecule is C=CCn1c(SCC(=O)NCc2ccco2)nnc1C1CCCC1.